The van der Waals surface area contributed by atoms with Crippen molar-refractivity contribution in [2.24, 2.45) is 0 Å². The van der Waals surface area contributed by atoms with E-state index in [0.717, 1.165) is 11.1 Å². The molecular weight excluding hydrogens is 338 g/mol. The van der Waals surface area contributed by atoms with E-state index in [2.05, 4.69) is 4.72 Å². The van der Waals surface area contributed by atoms with Crippen LogP contribution in [0.1, 0.15) is 11.1 Å². The minimum absolute atomic E-state index is 0.00367. The van der Waals surface area contributed by atoms with Gasteiger partial charge in [-0.2, -0.15) is 4.72 Å². The maximum Gasteiger partial charge on any atom is 0.321 e. The molecule has 2 aromatic carbocycles. The fourth-order valence-corrected chi connectivity index (χ4v) is 3.01. The number of benzene rings is 2. The van der Waals surface area contributed by atoms with E-state index >= 15 is 0 Å². The van der Waals surface area contributed by atoms with E-state index in [1.54, 1.807) is 13.0 Å². The third-order valence-corrected chi connectivity index (χ3v) is 4.91. The van der Waals surface area contributed by atoms with Crippen LogP contribution in [0, 0.1) is 6.92 Å². The zero-order chi connectivity index (χ0) is 16.9. The first-order chi connectivity index (χ1) is 10.9. The molecule has 122 valence electrons. The highest BCUT2D eigenvalue weighted by molar-refractivity contribution is 7.89. The van der Waals surface area contributed by atoms with Crippen LogP contribution in [0.25, 0.3) is 0 Å². The highest BCUT2D eigenvalue weighted by Crippen LogP contribution is 2.19. The van der Waals surface area contributed by atoms with Crippen molar-refractivity contribution in [1.82, 2.24) is 4.72 Å². The smallest absolute Gasteiger partial charge is 0.321 e. The predicted octanol–water partition coefficient (Wildman–Crippen LogP) is 2.67. The van der Waals surface area contributed by atoms with E-state index in [0.29, 0.717) is 5.02 Å². The maximum atomic E-state index is 12.1. The molecule has 23 heavy (non-hydrogen) atoms. The quantitative estimate of drug-likeness (QED) is 0.810. The van der Waals surface area contributed by atoms with E-state index in [1.165, 1.54) is 12.1 Å². The van der Waals surface area contributed by atoms with Gasteiger partial charge in [-0.1, -0.05) is 48.0 Å². The molecule has 0 aliphatic carbocycles. The first-order valence-electron chi connectivity index (χ1n) is 6.84. The molecule has 0 atom stereocenters. The molecule has 0 heterocycles. The lowest BCUT2D eigenvalue weighted by atomic mass is 10.2. The topological polar surface area (TPSA) is 72.5 Å². The molecule has 0 aromatic heterocycles. The number of hydrogen-bond acceptors (Lipinski definition) is 4. The second-order valence-electron chi connectivity index (χ2n) is 4.88. The highest BCUT2D eigenvalue weighted by Gasteiger charge is 2.17. The number of sulfonamides is 1. The van der Waals surface area contributed by atoms with Gasteiger partial charge in [0, 0.05) is 5.02 Å². The molecule has 0 unspecified atom stereocenters. The molecule has 0 radical (unpaired) electrons. The number of carbonyl (C=O) groups excluding carboxylic acids is 1. The molecule has 0 bridgehead atoms. The Morgan fingerprint density at radius 2 is 1.87 bits per heavy atom. The third kappa shape index (κ3) is 5.06. The lowest BCUT2D eigenvalue weighted by molar-refractivity contribution is -0.143. The summed E-state index contributed by atoms with van der Waals surface area (Å²) in [6.07, 6.45) is 0. The Morgan fingerprint density at radius 3 is 2.52 bits per heavy atom. The number of esters is 1. The lowest BCUT2D eigenvalue weighted by Crippen LogP contribution is -2.30. The van der Waals surface area contributed by atoms with Crippen LogP contribution in [0.2, 0.25) is 5.02 Å². The summed E-state index contributed by atoms with van der Waals surface area (Å²) in [6.45, 7) is 1.42. The van der Waals surface area contributed by atoms with Crippen molar-refractivity contribution in [3.8, 4) is 0 Å². The molecule has 0 aliphatic heterocycles. The average Bonchev–Trinajstić information content (AvgIpc) is 2.54. The standard InChI is InChI=1S/C16H16ClNO4S/c1-12-7-8-14(9-15(12)17)23(20,21)18-10-16(19)22-11-13-5-3-2-4-6-13/h2-9,18H,10-11H2,1H3. The van der Waals surface area contributed by atoms with Crippen LogP contribution in [-0.2, 0) is 26.2 Å². The van der Waals surface area contributed by atoms with Gasteiger partial charge in [0.15, 0.2) is 0 Å². The Morgan fingerprint density at radius 1 is 1.17 bits per heavy atom. The van der Waals surface area contributed by atoms with Crippen molar-refractivity contribution in [2.75, 3.05) is 6.54 Å². The Bertz CT molecular complexity index is 791. The second-order valence-corrected chi connectivity index (χ2v) is 7.06. The van der Waals surface area contributed by atoms with Crippen LogP contribution in [0.15, 0.2) is 53.4 Å². The molecule has 2 aromatic rings. The summed E-state index contributed by atoms with van der Waals surface area (Å²) in [5.74, 6) is -0.657. The molecule has 0 spiro atoms. The molecule has 0 amide bonds. The first kappa shape index (κ1) is 17.5. The SMILES string of the molecule is Cc1ccc(S(=O)(=O)NCC(=O)OCc2ccccc2)cc1Cl. The third-order valence-electron chi connectivity index (χ3n) is 3.10. The molecule has 7 heteroatoms. The average molecular weight is 354 g/mol. The molecule has 2 rings (SSSR count). The van der Waals surface area contributed by atoms with Crippen LogP contribution in [0.4, 0.5) is 0 Å². The maximum absolute atomic E-state index is 12.1. The van der Waals surface area contributed by atoms with E-state index < -0.39 is 22.5 Å². The van der Waals surface area contributed by atoms with E-state index in [9.17, 15) is 13.2 Å². The molecule has 5 nitrogen and oxygen atoms in total. The minimum Gasteiger partial charge on any atom is -0.460 e. The number of nitrogens with one attached hydrogen (secondary N) is 1. The second kappa shape index (κ2) is 7.59. The van der Waals surface area contributed by atoms with Gasteiger partial charge in [-0.05, 0) is 30.2 Å². The zero-order valence-electron chi connectivity index (χ0n) is 12.5. The van der Waals surface area contributed by atoms with Crippen LogP contribution in [-0.4, -0.2) is 20.9 Å². The fourth-order valence-electron chi connectivity index (χ4n) is 1.77. The highest BCUT2D eigenvalue weighted by atomic mass is 35.5. The minimum atomic E-state index is -3.81. The van der Waals surface area contributed by atoms with Gasteiger partial charge in [0.25, 0.3) is 0 Å². The summed E-state index contributed by atoms with van der Waals surface area (Å²) in [4.78, 5) is 11.6. The van der Waals surface area contributed by atoms with Gasteiger partial charge in [-0.15, -0.1) is 0 Å². The number of aryl methyl sites for hydroxylation is 1. The fraction of sp³-hybridized carbons (Fsp3) is 0.188. The molecule has 0 aliphatic rings. The van der Waals surface area contributed by atoms with Crippen molar-refractivity contribution in [3.63, 3.8) is 0 Å². The number of rotatable bonds is 6. The Hall–Kier alpha value is -1.89. The first-order valence-corrected chi connectivity index (χ1v) is 8.70. The monoisotopic (exact) mass is 353 g/mol. The summed E-state index contributed by atoms with van der Waals surface area (Å²) in [5.41, 5.74) is 1.60. The van der Waals surface area contributed by atoms with E-state index in [-0.39, 0.29) is 11.5 Å². The summed E-state index contributed by atoms with van der Waals surface area (Å²) >= 11 is 5.92. The Labute approximate surface area is 140 Å². The van der Waals surface area contributed by atoms with Crippen LogP contribution < -0.4 is 4.72 Å². The van der Waals surface area contributed by atoms with Gasteiger partial charge in [-0.3, -0.25) is 4.79 Å². The largest absolute Gasteiger partial charge is 0.460 e. The molecule has 1 N–H and O–H groups in total. The van der Waals surface area contributed by atoms with Crippen molar-refractivity contribution in [3.05, 3.63) is 64.7 Å². The van der Waals surface area contributed by atoms with Crippen LogP contribution >= 0.6 is 11.6 Å². The summed E-state index contributed by atoms with van der Waals surface area (Å²) in [5, 5.41) is 0.347. The van der Waals surface area contributed by atoms with Gasteiger partial charge in [0.05, 0.1) is 4.90 Å². The number of hydrogen-bond donors (Lipinski definition) is 1. The van der Waals surface area contributed by atoms with Crippen molar-refractivity contribution in [1.29, 1.82) is 0 Å². The zero-order valence-corrected chi connectivity index (χ0v) is 14.0. The number of ether oxygens (including phenoxy) is 1. The number of carbonyl (C=O) groups is 1. The van der Waals surface area contributed by atoms with Crippen molar-refractivity contribution >= 4 is 27.6 Å². The Balaban J connectivity index is 1.91. The summed E-state index contributed by atoms with van der Waals surface area (Å²) < 4.78 is 31.4. The molecule has 0 saturated heterocycles. The van der Waals surface area contributed by atoms with Crippen LogP contribution in [0.5, 0.6) is 0 Å². The van der Waals surface area contributed by atoms with Gasteiger partial charge in [-0.25, -0.2) is 8.42 Å². The van der Waals surface area contributed by atoms with Crippen LogP contribution in [0.3, 0.4) is 0 Å². The van der Waals surface area contributed by atoms with E-state index in [4.69, 9.17) is 16.3 Å². The van der Waals surface area contributed by atoms with E-state index in [1.807, 2.05) is 30.3 Å². The van der Waals surface area contributed by atoms with Crippen molar-refractivity contribution in [2.45, 2.75) is 18.4 Å². The lowest BCUT2D eigenvalue weighted by Gasteiger charge is -2.08. The summed E-state index contributed by atoms with van der Waals surface area (Å²) in [7, 11) is -3.81. The number of halogens is 1. The van der Waals surface area contributed by atoms with Crippen molar-refractivity contribution < 1.29 is 17.9 Å². The van der Waals surface area contributed by atoms with Gasteiger partial charge >= 0.3 is 5.97 Å². The molecular formula is C16H16ClNO4S. The summed E-state index contributed by atoms with van der Waals surface area (Å²) in [6, 6.07) is 13.5. The van der Waals surface area contributed by atoms with Gasteiger partial charge in [0.2, 0.25) is 10.0 Å². The van der Waals surface area contributed by atoms with Gasteiger partial charge < -0.3 is 4.74 Å². The van der Waals surface area contributed by atoms with Gasteiger partial charge in [0.1, 0.15) is 13.2 Å². The Kier molecular flexibility index (Phi) is 5.76. The predicted molar refractivity (Wildman–Crippen MR) is 87.6 cm³/mol. The molecule has 0 saturated carbocycles. The molecule has 0 fully saturated rings. The normalized spacial score (nSPS) is 11.2.